The Labute approximate surface area is 385 Å². The third-order valence-corrected chi connectivity index (χ3v) is 14.0. The summed E-state index contributed by atoms with van der Waals surface area (Å²) < 4.78 is 4.97. The van der Waals surface area contributed by atoms with Gasteiger partial charge in [-0.3, -0.25) is 0 Å². The van der Waals surface area contributed by atoms with Gasteiger partial charge in [-0.2, -0.15) is 0 Å². The summed E-state index contributed by atoms with van der Waals surface area (Å²) in [6.45, 7) is 0. The molecule has 0 unspecified atom stereocenters. The lowest BCUT2D eigenvalue weighted by molar-refractivity contribution is 1.07. The molecule has 3 aromatic heterocycles. The van der Waals surface area contributed by atoms with Crippen molar-refractivity contribution in [3.05, 3.63) is 231 Å². The van der Waals surface area contributed by atoms with Crippen molar-refractivity contribution in [1.29, 1.82) is 0 Å². The van der Waals surface area contributed by atoms with Crippen molar-refractivity contribution in [3.63, 3.8) is 0 Å². The maximum atomic E-state index is 5.30. The maximum absolute atomic E-state index is 5.30. The van der Waals surface area contributed by atoms with Crippen molar-refractivity contribution in [2.24, 2.45) is 0 Å². The molecule has 5 heteroatoms. The molecule has 0 N–H and O–H groups in total. The number of thiophene rings is 1. The molecule has 13 rings (SSSR count). The van der Waals surface area contributed by atoms with Crippen molar-refractivity contribution in [2.75, 3.05) is 0 Å². The van der Waals surface area contributed by atoms with Crippen LogP contribution in [-0.4, -0.2) is 19.5 Å². The second-order valence-electron chi connectivity index (χ2n) is 16.8. The van der Waals surface area contributed by atoms with Gasteiger partial charge < -0.3 is 4.57 Å². The Kier molecular flexibility index (Phi) is 9.00. The Balaban J connectivity index is 1.05. The third kappa shape index (κ3) is 6.48. The summed E-state index contributed by atoms with van der Waals surface area (Å²) >= 11 is 1.84. The van der Waals surface area contributed by atoms with Gasteiger partial charge in [0, 0.05) is 53.2 Å². The van der Waals surface area contributed by atoms with Crippen LogP contribution in [0, 0.1) is 0 Å². The molecule has 4 nitrogen and oxygen atoms in total. The maximum Gasteiger partial charge on any atom is 0.164 e. The standard InChI is InChI=1S/C61H38N4S/c1-3-14-39(15-4-1)41-26-30-43(31-27-41)59-62-60(44-32-28-42(29-33-44)40-16-5-2-6-17-40)64-61(63-59)47-34-35-54(52(37-47)49-22-13-25-57-58(49)50-21-10-12-24-56(50)66-57)65-53-23-11-9-20-48(53)51-36-45-18-7-8-19-46(45)38-55(51)65/h1-38H. The van der Waals surface area contributed by atoms with Crippen LogP contribution in [0.5, 0.6) is 0 Å². The zero-order valence-corrected chi connectivity index (χ0v) is 36.5. The smallest absolute Gasteiger partial charge is 0.164 e. The van der Waals surface area contributed by atoms with E-state index in [1.54, 1.807) is 0 Å². The van der Waals surface area contributed by atoms with E-state index in [-0.39, 0.29) is 0 Å². The second-order valence-corrected chi connectivity index (χ2v) is 17.9. The molecule has 10 aromatic carbocycles. The highest BCUT2D eigenvalue weighted by molar-refractivity contribution is 7.25. The average molecular weight is 859 g/mol. The zero-order chi connectivity index (χ0) is 43.6. The molecule has 308 valence electrons. The van der Waals surface area contributed by atoms with E-state index in [4.69, 9.17) is 15.0 Å². The number of hydrogen-bond acceptors (Lipinski definition) is 4. The number of nitrogens with zero attached hydrogens (tertiary/aromatic N) is 4. The third-order valence-electron chi connectivity index (χ3n) is 12.9. The number of fused-ring (bicyclic) bond motifs is 7. The Morgan fingerprint density at radius 3 is 1.47 bits per heavy atom. The second kappa shape index (κ2) is 15.6. The predicted octanol–water partition coefficient (Wildman–Crippen LogP) is 16.5. The zero-order valence-electron chi connectivity index (χ0n) is 35.6. The van der Waals surface area contributed by atoms with E-state index in [1.165, 1.54) is 41.7 Å². The Hall–Kier alpha value is -8.51. The fourth-order valence-electron chi connectivity index (χ4n) is 9.65. The minimum absolute atomic E-state index is 0.609. The Morgan fingerprint density at radius 2 is 0.803 bits per heavy atom. The van der Waals surface area contributed by atoms with Gasteiger partial charge in [0.15, 0.2) is 17.5 Å². The first-order valence-corrected chi connectivity index (χ1v) is 23.1. The summed E-state index contributed by atoms with van der Waals surface area (Å²) in [7, 11) is 0. The highest BCUT2D eigenvalue weighted by Crippen LogP contribution is 2.45. The van der Waals surface area contributed by atoms with E-state index in [0.717, 1.165) is 66.8 Å². The lowest BCUT2D eigenvalue weighted by atomic mass is 9.95. The number of aromatic nitrogens is 4. The van der Waals surface area contributed by atoms with Gasteiger partial charge in [-0.1, -0.05) is 182 Å². The molecule has 0 fully saturated rings. The SMILES string of the molecule is c1ccc(-c2ccc(-c3nc(-c4ccc(-c5ccccc5)cc4)nc(-c4ccc(-n5c6ccccc6c6cc7ccccc7cc65)c(-c5cccc6sc7ccccc7c56)c4)n3)cc2)cc1. The Bertz CT molecular complexity index is 3860. The molecule has 0 aliphatic carbocycles. The monoisotopic (exact) mass is 858 g/mol. The lowest BCUT2D eigenvalue weighted by Crippen LogP contribution is -2.02. The molecule has 0 saturated carbocycles. The lowest BCUT2D eigenvalue weighted by Gasteiger charge is -2.17. The topological polar surface area (TPSA) is 43.6 Å². The van der Waals surface area contributed by atoms with Gasteiger partial charge in [0.25, 0.3) is 0 Å². The molecule has 13 aromatic rings. The summed E-state index contributed by atoms with van der Waals surface area (Å²) in [5, 5.41) is 7.37. The Morgan fingerprint density at radius 1 is 0.303 bits per heavy atom. The van der Waals surface area contributed by atoms with E-state index in [2.05, 4.69) is 223 Å². The van der Waals surface area contributed by atoms with Crippen LogP contribution in [0.4, 0.5) is 0 Å². The molecule has 0 aliphatic heterocycles. The highest BCUT2D eigenvalue weighted by Gasteiger charge is 2.21. The van der Waals surface area contributed by atoms with Crippen molar-refractivity contribution >= 4 is 64.1 Å². The summed E-state index contributed by atoms with van der Waals surface area (Å²) in [5.41, 5.74) is 13.0. The van der Waals surface area contributed by atoms with Crippen molar-refractivity contribution < 1.29 is 0 Å². The van der Waals surface area contributed by atoms with Crippen LogP contribution < -0.4 is 0 Å². The molecule has 0 radical (unpaired) electrons. The number of rotatable bonds is 7. The minimum Gasteiger partial charge on any atom is -0.309 e. The largest absolute Gasteiger partial charge is 0.309 e. The van der Waals surface area contributed by atoms with Crippen molar-refractivity contribution in [2.45, 2.75) is 0 Å². The number of benzene rings is 10. The number of para-hydroxylation sites is 1. The van der Waals surface area contributed by atoms with Crippen molar-refractivity contribution in [1.82, 2.24) is 19.5 Å². The molecule has 0 saturated heterocycles. The van der Waals surface area contributed by atoms with E-state index in [0.29, 0.717) is 17.5 Å². The molecular weight excluding hydrogens is 821 g/mol. The first-order chi connectivity index (χ1) is 32.7. The van der Waals surface area contributed by atoms with E-state index >= 15 is 0 Å². The van der Waals surface area contributed by atoms with Crippen LogP contribution in [0.3, 0.4) is 0 Å². The minimum atomic E-state index is 0.609. The average Bonchev–Trinajstić information content (AvgIpc) is 3.94. The van der Waals surface area contributed by atoms with Crippen LogP contribution in [0.2, 0.25) is 0 Å². The van der Waals surface area contributed by atoms with Gasteiger partial charge >= 0.3 is 0 Å². The summed E-state index contributed by atoms with van der Waals surface area (Å²) in [6, 6.07) is 82.3. The van der Waals surface area contributed by atoms with Crippen molar-refractivity contribution in [3.8, 4) is 73.2 Å². The van der Waals surface area contributed by atoms with Gasteiger partial charge in [0.2, 0.25) is 0 Å². The molecule has 0 amide bonds. The van der Waals surface area contributed by atoms with E-state index in [9.17, 15) is 0 Å². The molecule has 0 aliphatic rings. The quantitative estimate of drug-likeness (QED) is 0.160. The van der Waals surface area contributed by atoms with Crippen LogP contribution in [-0.2, 0) is 0 Å². The molecular formula is C61H38N4S. The number of hydrogen-bond donors (Lipinski definition) is 0. The first-order valence-electron chi connectivity index (χ1n) is 22.3. The molecule has 0 atom stereocenters. The van der Waals surface area contributed by atoms with Crippen LogP contribution in [0.25, 0.3) is 126 Å². The van der Waals surface area contributed by atoms with Crippen LogP contribution in [0.1, 0.15) is 0 Å². The van der Waals surface area contributed by atoms with Gasteiger partial charge in [-0.25, -0.2) is 15.0 Å². The van der Waals surface area contributed by atoms with Crippen LogP contribution in [0.15, 0.2) is 231 Å². The van der Waals surface area contributed by atoms with E-state index in [1.807, 2.05) is 23.5 Å². The first kappa shape index (κ1) is 38.0. The van der Waals surface area contributed by atoms with Crippen LogP contribution >= 0.6 is 11.3 Å². The van der Waals surface area contributed by atoms with E-state index < -0.39 is 0 Å². The summed E-state index contributed by atoms with van der Waals surface area (Å²) in [6.07, 6.45) is 0. The normalized spacial score (nSPS) is 11.6. The fourth-order valence-corrected chi connectivity index (χ4v) is 10.8. The van der Waals surface area contributed by atoms with Gasteiger partial charge in [-0.05, 0) is 87.1 Å². The van der Waals surface area contributed by atoms with Gasteiger partial charge in [0.05, 0.1) is 16.7 Å². The molecule has 66 heavy (non-hydrogen) atoms. The molecule has 0 spiro atoms. The summed E-state index contributed by atoms with van der Waals surface area (Å²) in [4.78, 5) is 15.8. The predicted molar refractivity (Wildman–Crippen MR) is 277 cm³/mol. The highest BCUT2D eigenvalue weighted by atomic mass is 32.1. The fraction of sp³-hybridized carbons (Fsp3) is 0. The molecule has 3 heterocycles. The van der Waals surface area contributed by atoms with Gasteiger partial charge in [0.1, 0.15) is 0 Å². The molecule has 0 bridgehead atoms. The summed E-state index contributed by atoms with van der Waals surface area (Å²) in [5.74, 6) is 1.85. The van der Waals surface area contributed by atoms with Gasteiger partial charge in [-0.15, -0.1) is 11.3 Å².